The summed E-state index contributed by atoms with van der Waals surface area (Å²) in [5.41, 5.74) is 1.91. The van der Waals surface area contributed by atoms with Gasteiger partial charge in [-0.3, -0.25) is 4.79 Å². The average Bonchev–Trinajstić information content (AvgIpc) is 2.64. The monoisotopic (exact) mass is 375 g/mol. The topological polar surface area (TPSA) is 82.1 Å². The van der Waals surface area contributed by atoms with E-state index in [0.717, 1.165) is 5.56 Å². The Morgan fingerprint density at radius 3 is 2.22 bits per heavy atom. The Labute approximate surface area is 158 Å². The van der Waals surface area contributed by atoms with Crippen molar-refractivity contribution in [3.8, 4) is 0 Å². The first-order valence-electron chi connectivity index (χ1n) is 8.52. The normalized spacial score (nSPS) is 14.8. The lowest BCUT2D eigenvalue weighted by molar-refractivity contribution is -0.140. The van der Waals surface area contributed by atoms with Gasteiger partial charge in [0.15, 0.2) is 5.78 Å². The number of ether oxygens (including phenoxy) is 3. The Morgan fingerprint density at radius 1 is 1.07 bits per heavy atom. The summed E-state index contributed by atoms with van der Waals surface area (Å²) in [7, 11) is 2.49. The summed E-state index contributed by atoms with van der Waals surface area (Å²) < 4.78 is 15.2. The zero-order valence-corrected chi connectivity index (χ0v) is 16.5. The zero-order chi connectivity index (χ0) is 20.4. The predicted octanol–water partition coefficient (Wildman–Crippen LogP) is 2.58. The van der Waals surface area contributed by atoms with E-state index in [1.165, 1.54) is 21.1 Å². The molecule has 0 spiro atoms. The number of rotatable bonds is 4. The number of carbonyl (C=O) groups excluding carboxylic acids is 3. The van der Waals surface area contributed by atoms with Crippen LogP contribution in [0.15, 0.2) is 29.5 Å². The number of hydrogen-bond donors (Lipinski definition) is 0. The summed E-state index contributed by atoms with van der Waals surface area (Å²) in [4.78, 5) is 38.1. The maximum Gasteiger partial charge on any atom is 0.355 e. The van der Waals surface area contributed by atoms with Crippen LogP contribution in [0.25, 0.3) is 0 Å². The lowest BCUT2D eigenvalue weighted by Crippen LogP contribution is -2.40. The summed E-state index contributed by atoms with van der Waals surface area (Å²) in [5.74, 6) is -1.37. The Kier molecular flexibility index (Phi) is 6.05. The Morgan fingerprint density at radius 2 is 1.70 bits per heavy atom. The maximum atomic E-state index is 12.5. The fourth-order valence-electron chi connectivity index (χ4n) is 2.92. The van der Waals surface area contributed by atoms with Crippen molar-refractivity contribution < 1.29 is 28.6 Å². The number of methoxy groups -OCH3 is 2. The number of anilines is 1. The zero-order valence-electron chi connectivity index (χ0n) is 16.5. The van der Waals surface area contributed by atoms with E-state index in [0.29, 0.717) is 11.3 Å². The minimum atomic E-state index is -0.658. The summed E-state index contributed by atoms with van der Waals surface area (Å²) in [5, 5.41) is 0. The first-order chi connectivity index (χ1) is 12.6. The van der Waals surface area contributed by atoms with Crippen LogP contribution in [0.1, 0.15) is 43.6 Å². The third kappa shape index (κ3) is 4.19. The summed E-state index contributed by atoms with van der Waals surface area (Å²) >= 11 is 0. The van der Waals surface area contributed by atoms with Crippen molar-refractivity contribution >= 4 is 23.4 Å². The second-order valence-corrected chi connectivity index (χ2v) is 7.25. The van der Waals surface area contributed by atoms with E-state index in [1.807, 2.05) is 20.8 Å². The predicted molar refractivity (Wildman–Crippen MR) is 99.5 cm³/mol. The highest BCUT2D eigenvalue weighted by Crippen LogP contribution is 2.36. The third-order valence-corrected chi connectivity index (χ3v) is 4.33. The molecule has 0 bridgehead atoms. The van der Waals surface area contributed by atoms with Crippen LogP contribution in [-0.2, 0) is 29.2 Å². The highest BCUT2D eigenvalue weighted by atomic mass is 16.5. The van der Waals surface area contributed by atoms with Gasteiger partial charge in [-0.15, -0.1) is 0 Å². The molecule has 0 aromatic heterocycles. The number of ketones is 1. The fraction of sp³-hybridized carbons (Fsp3) is 0.450. The van der Waals surface area contributed by atoms with Gasteiger partial charge in [-0.1, -0.05) is 20.8 Å². The second kappa shape index (κ2) is 7.92. The molecular weight excluding hydrogens is 350 g/mol. The van der Waals surface area contributed by atoms with E-state index in [4.69, 9.17) is 14.2 Å². The van der Waals surface area contributed by atoms with Gasteiger partial charge in [-0.05, 0) is 36.1 Å². The quantitative estimate of drug-likeness (QED) is 0.591. The molecule has 0 atom stereocenters. The second-order valence-electron chi connectivity index (χ2n) is 7.25. The number of Topliss-reactive ketones (excluding diaryl/α,β-unsaturated/α-hetero) is 1. The number of benzene rings is 1. The summed E-state index contributed by atoms with van der Waals surface area (Å²) in [6, 6.07) is 5.25. The molecule has 0 saturated carbocycles. The molecule has 2 rings (SSSR count). The van der Waals surface area contributed by atoms with Gasteiger partial charge >= 0.3 is 11.9 Å². The van der Waals surface area contributed by atoms with Gasteiger partial charge < -0.3 is 19.1 Å². The van der Waals surface area contributed by atoms with Crippen LogP contribution in [0.2, 0.25) is 0 Å². The Bertz CT molecular complexity index is 803. The molecule has 0 radical (unpaired) electrons. The molecule has 1 heterocycles. The van der Waals surface area contributed by atoms with Gasteiger partial charge in [0.25, 0.3) is 0 Å². The minimum absolute atomic E-state index is 0.0516. The standard InChI is InChI=1S/C20H25NO6/c1-12(22)13-7-8-16(15(9-13)20(2,3)4)21-11-27-10-14(18(23)25-5)17(21)19(24)26-6/h7-9H,10-11H2,1-6H3. The SMILES string of the molecule is COC(=O)C1=C(C(=O)OC)N(c2ccc(C(C)=O)cc2C(C)(C)C)COC1. The van der Waals surface area contributed by atoms with E-state index in [-0.39, 0.29) is 35.8 Å². The van der Waals surface area contributed by atoms with Gasteiger partial charge in [0.2, 0.25) is 0 Å². The van der Waals surface area contributed by atoms with Crippen molar-refractivity contribution in [1.29, 1.82) is 0 Å². The molecule has 1 aliphatic rings. The largest absolute Gasteiger partial charge is 0.466 e. The van der Waals surface area contributed by atoms with E-state index < -0.39 is 11.9 Å². The van der Waals surface area contributed by atoms with Crippen LogP contribution >= 0.6 is 0 Å². The number of hydrogen-bond acceptors (Lipinski definition) is 7. The van der Waals surface area contributed by atoms with Crippen molar-refractivity contribution in [2.75, 3.05) is 32.5 Å². The van der Waals surface area contributed by atoms with Crippen LogP contribution in [0.4, 0.5) is 5.69 Å². The molecule has 0 saturated heterocycles. The fourth-order valence-corrected chi connectivity index (χ4v) is 2.92. The van der Waals surface area contributed by atoms with Crippen molar-refractivity contribution in [2.45, 2.75) is 33.1 Å². The van der Waals surface area contributed by atoms with Crippen LogP contribution in [0.5, 0.6) is 0 Å². The maximum absolute atomic E-state index is 12.5. The molecule has 0 aliphatic carbocycles. The molecule has 7 heteroatoms. The van der Waals surface area contributed by atoms with Crippen LogP contribution in [0, 0.1) is 0 Å². The molecule has 0 amide bonds. The Balaban J connectivity index is 2.72. The molecule has 0 unspecified atom stereocenters. The highest BCUT2D eigenvalue weighted by molar-refractivity contribution is 6.04. The molecule has 0 fully saturated rings. The molecule has 1 aromatic rings. The van der Waals surface area contributed by atoms with Gasteiger partial charge in [0.1, 0.15) is 12.4 Å². The van der Waals surface area contributed by atoms with E-state index in [9.17, 15) is 14.4 Å². The molecular formula is C20H25NO6. The molecule has 27 heavy (non-hydrogen) atoms. The average molecular weight is 375 g/mol. The van der Waals surface area contributed by atoms with Crippen molar-refractivity contribution in [3.05, 3.63) is 40.6 Å². The lowest BCUT2D eigenvalue weighted by atomic mass is 9.84. The van der Waals surface area contributed by atoms with Gasteiger partial charge in [0.05, 0.1) is 26.4 Å². The van der Waals surface area contributed by atoms with Crippen molar-refractivity contribution in [1.82, 2.24) is 0 Å². The molecule has 1 aromatic carbocycles. The van der Waals surface area contributed by atoms with E-state index in [1.54, 1.807) is 23.1 Å². The van der Waals surface area contributed by atoms with Crippen LogP contribution in [0.3, 0.4) is 0 Å². The summed E-state index contributed by atoms with van der Waals surface area (Å²) in [6.07, 6.45) is 0. The lowest BCUT2D eigenvalue weighted by Gasteiger charge is -2.35. The molecule has 146 valence electrons. The molecule has 0 N–H and O–H groups in total. The first kappa shape index (κ1) is 20.6. The van der Waals surface area contributed by atoms with Gasteiger partial charge in [0, 0.05) is 11.3 Å². The van der Waals surface area contributed by atoms with Crippen molar-refractivity contribution in [2.24, 2.45) is 0 Å². The molecule has 1 aliphatic heterocycles. The number of esters is 2. The van der Waals surface area contributed by atoms with Crippen LogP contribution < -0.4 is 4.90 Å². The third-order valence-electron chi connectivity index (χ3n) is 4.33. The van der Waals surface area contributed by atoms with E-state index in [2.05, 4.69) is 0 Å². The van der Waals surface area contributed by atoms with Crippen LogP contribution in [-0.4, -0.2) is 45.3 Å². The number of carbonyl (C=O) groups is 3. The minimum Gasteiger partial charge on any atom is -0.466 e. The number of nitrogens with zero attached hydrogens (tertiary/aromatic N) is 1. The van der Waals surface area contributed by atoms with Crippen molar-refractivity contribution in [3.63, 3.8) is 0 Å². The highest BCUT2D eigenvalue weighted by Gasteiger charge is 2.34. The molecule has 7 nitrogen and oxygen atoms in total. The van der Waals surface area contributed by atoms with Gasteiger partial charge in [-0.2, -0.15) is 0 Å². The first-order valence-corrected chi connectivity index (χ1v) is 8.52. The summed E-state index contributed by atoms with van der Waals surface area (Å²) in [6.45, 7) is 7.52. The van der Waals surface area contributed by atoms with Gasteiger partial charge in [-0.25, -0.2) is 9.59 Å². The smallest absolute Gasteiger partial charge is 0.355 e. The Hall–Kier alpha value is -2.67. The van der Waals surface area contributed by atoms with E-state index >= 15 is 0 Å².